The average molecular weight is 358 g/mol. The maximum absolute atomic E-state index is 12.0. The lowest BCUT2D eigenvalue weighted by atomic mass is 10.1. The molecule has 0 fully saturated rings. The number of nitrogens with zero attached hydrogens (tertiary/aromatic N) is 1. The number of benzene rings is 1. The summed E-state index contributed by atoms with van der Waals surface area (Å²) in [5, 5.41) is 5.47. The molecule has 0 saturated carbocycles. The zero-order valence-corrected chi connectivity index (χ0v) is 14.8. The molecular formula is C18H18N2O4S. The highest BCUT2D eigenvalue weighted by Gasteiger charge is 2.13. The van der Waals surface area contributed by atoms with Crippen LogP contribution in [0.1, 0.15) is 10.8 Å². The normalized spacial score (nSPS) is 10.5. The summed E-state index contributed by atoms with van der Waals surface area (Å²) in [6.07, 6.45) is 1.81. The molecule has 0 aliphatic heterocycles. The van der Waals surface area contributed by atoms with Gasteiger partial charge in [0.1, 0.15) is 22.3 Å². The summed E-state index contributed by atoms with van der Waals surface area (Å²) >= 11 is 1.44. The van der Waals surface area contributed by atoms with Crippen LogP contribution in [0.3, 0.4) is 0 Å². The molecule has 2 aromatic heterocycles. The molecule has 0 unspecified atom stereocenters. The average Bonchev–Trinajstić information content (AvgIpc) is 3.31. The molecule has 0 saturated heterocycles. The van der Waals surface area contributed by atoms with Crippen molar-refractivity contribution in [2.45, 2.75) is 13.0 Å². The van der Waals surface area contributed by atoms with Gasteiger partial charge in [-0.2, -0.15) is 0 Å². The van der Waals surface area contributed by atoms with E-state index in [4.69, 9.17) is 13.9 Å². The van der Waals surface area contributed by atoms with E-state index in [1.807, 2.05) is 29.6 Å². The van der Waals surface area contributed by atoms with Crippen LogP contribution in [0, 0.1) is 0 Å². The van der Waals surface area contributed by atoms with Crippen LogP contribution in [0.15, 0.2) is 46.4 Å². The van der Waals surface area contributed by atoms with Gasteiger partial charge in [-0.3, -0.25) is 4.79 Å². The summed E-state index contributed by atoms with van der Waals surface area (Å²) in [5.74, 6) is 2.02. The third-order valence-corrected chi connectivity index (χ3v) is 4.44. The lowest BCUT2D eigenvalue weighted by Gasteiger charge is -2.08. The molecule has 0 atom stereocenters. The lowest BCUT2D eigenvalue weighted by molar-refractivity contribution is -0.120. The second kappa shape index (κ2) is 7.85. The fourth-order valence-electron chi connectivity index (χ4n) is 2.32. The molecule has 1 N–H and O–H groups in total. The summed E-state index contributed by atoms with van der Waals surface area (Å²) in [7, 11) is 3.21. The number of carbonyl (C=O) groups is 1. The number of hydrogen-bond donors (Lipinski definition) is 1. The first-order valence-corrected chi connectivity index (χ1v) is 8.53. The number of aromatic nitrogens is 1. The van der Waals surface area contributed by atoms with Crippen molar-refractivity contribution in [3.8, 4) is 22.8 Å². The van der Waals surface area contributed by atoms with Gasteiger partial charge in [-0.1, -0.05) is 0 Å². The van der Waals surface area contributed by atoms with E-state index in [1.54, 1.807) is 26.5 Å². The molecular weight excluding hydrogens is 340 g/mol. The molecule has 2 heterocycles. The molecule has 3 aromatic rings. The highest BCUT2D eigenvalue weighted by molar-refractivity contribution is 7.10. The Kier molecular flexibility index (Phi) is 5.35. The van der Waals surface area contributed by atoms with Crippen molar-refractivity contribution in [3.05, 3.63) is 52.7 Å². The van der Waals surface area contributed by atoms with Crippen LogP contribution in [0.25, 0.3) is 11.3 Å². The van der Waals surface area contributed by atoms with E-state index in [2.05, 4.69) is 10.3 Å². The molecule has 3 rings (SSSR count). The number of rotatable bonds is 7. The van der Waals surface area contributed by atoms with E-state index in [1.165, 1.54) is 11.3 Å². The van der Waals surface area contributed by atoms with E-state index in [0.29, 0.717) is 18.0 Å². The Morgan fingerprint density at radius 2 is 2.16 bits per heavy atom. The van der Waals surface area contributed by atoms with E-state index in [-0.39, 0.29) is 12.3 Å². The van der Waals surface area contributed by atoms with Gasteiger partial charge in [0.25, 0.3) is 0 Å². The summed E-state index contributed by atoms with van der Waals surface area (Å²) < 4.78 is 15.8. The molecule has 6 nitrogen and oxygen atoms in total. The SMILES string of the molecule is COc1ccc(-c2csc(CC(=O)NCc3ccco3)n2)c(OC)c1. The number of amides is 1. The zero-order valence-electron chi connectivity index (χ0n) is 13.9. The van der Waals surface area contributed by atoms with E-state index in [0.717, 1.165) is 22.0 Å². The zero-order chi connectivity index (χ0) is 17.6. The third-order valence-electron chi connectivity index (χ3n) is 3.59. The van der Waals surface area contributed by atoms with E-state index >= 15 is 0 Å². The Balaban J connectivity index is 1.67. The predicted molar refractivity (Wildman–Crippen MR) is 94.9 cm³/mol. The van der Waals surface area contributed by atoms with Crippen molar-refractivity contribution in [1.82, 2.24) is 10.3 Å². The van der Waals surface area contributed by atoms with Crippen LogP contribution in [-0.2, 0) is 17.8 Å². The molecule has 1 amide bonds. The van der Waals surface area contributed by atoms with Crippen LogP contribution in [0.2, 0.25) is 0 Å². The summed E-state index contributed by atoms with van der Waals surface area (Å²) in [4.78, 5) is 16.6. The number of furan rings is 1. The topological polar surface area (TPSA) is 73.6 Å². The predicted octanol–water partition coefficient (Wildman–Crippen LogP) is 3.28. The van der Waals surface area contributed by atoms with Crippen LogP contribution in [0.4, 0.5) is 0 Å². The molecule has 7 heteroatoms. The molecule has 0 spiro atoms. The number of nitrogens with one attached hydrogen (secondary N) is 1. The second-order valence-electron chi connectivity index (χ2n) is 5.23. The first-order chi connectivity index (χ1) is 12.2. The van der Waals surface area contributed by atoms with Gasteiger partial charge in [0.2, 0.25) is 5.91 Å². The number of hydrogen-bond acceptors (Lipinski definition) is 6. The van der Waals surface area contributed by atoms with Gasteiger partial charge in [0.05, 0.1) is 39.1 Å². The van der Waals surface area contributed by atoms with Gasteiger partial charge in [-0.05, 0) is 24.3 Å². The fraction of sp³-hybridized carbons (Fsp3) is 0.222. The summed E-state index contributed by atoms with van der Waals surface area (Å²) in [6.45, 7) is 0.371. The third kappa shape index (κ3) is 4.19. The van der Waals surface area contributed by atoms with Gasteiger partial charge in [-0.15, -0.1) is 11.3 Å². The molecule has 0 radical (unpaired) electrons. The highest BCUT2D eigenvalue weighted by atomic mass is 32.1. The van der Waals surface area contributed by atoms with Crippen molar-refractivity contribution >= 4 is 17.2 Å². The van der Waals surface area contributed by atoms with Gasteiger partial charge in [-0.25, -0.2) is 4.98 Å². The van der Waals surface area contributed by atoms with Crippen LogP contribution in [0.5, 0.6) is 11.5 Å². The maximum Gasteiger partial charge on any atom is 0.227 e. The molecule has 0 aliphatic rings. The molecule has 0 bridgehead atoms. The summed E-state index contributed by atoms with van der Waals surface area (Å²) in [6, 6.07) is 9.17. The standard InChI is InChI=1S/C18H18N2O4S/c1-22-12-5-6-14(16(8-12)23-2)15-11-25-18(20-15)9-17(21)19-10-13-4-3-7-24-13/h3-8,11H,9-10H2,1-2H3,(H,19,21). The largest absolute Gasteiger partial charge is 0.497 e. The Morgan fingerprint density at radius 3 is 2.88 bits per heavy atom. The van der Waals surface area contributed by atoms with Gasteiger partial charge >= 0.3 is 0 Å². The number of thiazole rings is 1. The highest BCUT2D eigenvalue weighted by Crippen LogP contribution is 2.33. The van der Waals surface area contributed by atoms with E-state index in [9.17, 15) is 4.79 Å². The molecule has 25 heavy (non-hydrogen) atoms. The van der Waals surface area contributed by atoms with Crippen molar-refractivity contribution in [2.75, 3.05) is 14.2 Å². The minimum absolute atomic E-state index is 0.0982. The molecule has 130 valence electrons. The van der Waals surface area contributed by atoms with Crippen molar-refractivity contribution in [2.24, 2.45) is 0 Å². The minimum atomic E-state index is -0.0982. The Bertz CT molecular complexity index is 843. The Labute approximate surface area is 149 Å². The lowest BCUT2D eigenvalue weighted by Crippen LogP contribution is -2.24. The van der Waals surface area contributed by atoms with Gasteiger partial charge < -0.3 is 19.2 Å². The van der Waals surface area contributed by atoms with Crippen LogP contribution >= 0.6 is 11.3 Å². The van der Waals surface area contributed by atoms with E-state index < -0.39 is 0 Å². The second-order valence-corrected chi connectivity index (χ2v) is 6.17. The number of ether oxygens (including phenoxy) is 2. The quantitative estimate of drug-likeness (QED) is 0.702. The van der Waals surface area contributed by atoms with Crippen molar-refractivity contribution in [1.29, 1.82) is 0 Å². The minimum Gasteiger partial charge on any atom is -0.497 e. The Morgan fingerprint density at radius 1 is 1.28 bits per heavy atom. The summed E-state index contributed by atoms with van der Waals surface area (Å²) in [5.41, 5.74) is 1.64. The maximum atomic E-state index is 12.0. The van der Waals surface area contributed by atoms with Crippen LogP contribution < -0.4 is 14.8 Å². The first-order valence-electron chi connectivity index (χ1n) is 7.65. The fourth-order valence-corrected chi connectivity index (χ4v) is 3.12. The van der Waals surface area contributed by atoms with Crippen LogP contribution in [-0.4, -0.2) is 25.1 Å². The van der Waals surface area contributed by atoms with Crippen molar-refractivity contribution in [3.63, 3.8) is 0 Å². The first kappa shape index (κ1) is 17.0. The number of methoxy groups -OCH3 is 2. The Hall–Kier alpha value is -2.80. The van der Waals surface area contributed by atoms with Gasteiger partial charge in [0.15, 0.2) is 0 Å². The smallest absolute Gasteiger partial charge is 0.227 e. The van der Waals surface area contributed by atoms with Crippen molar-refractivity contribution < 1.29 is 18.7 Å². The van der Waals surface area contributed by atoms with Gasteiger partial charge in [0, 0.05) is 17.0 Å². The monoisotopic (exact) mass is 358 g/mol. The molecule has 1 aromatic carbocycles. The molecule has 0 aliphatic carbocycles. The number of carbonyl (C=O) groups excluding carboxylic acids is 1.